The normalized spacial score (nSPS) is 17.8. The molecule has 0 unspecified atom stereocenters. The van der Waals surface area contributed by atoms with Gasteiger partial charge < -0.3 is 19.7 Å². The third kappa shape index (κ3) is 6.27. The van der Waals surface area contributed by atoms with E-state index in [1.807, 2.05) is 11.0 Å². The number of likely N-dealkylation sites (tertiary alicyclic amines) is 1. The van der Waals surface area contributed by atoms with Gasteiger partial charge >= 0.3 is 0 Å². The number of hydrogen-bond acceptors (Lipinski definition) is 8. The van der Waals surface area contributed by atoms with Crippen molar-refractivity contribution in [3.05, 3.63) is 54.6 Å². The molecule has 1 saturated heterocycles. The van der Waals surface area contributed by atoms with Gasteiger partial charge in [0.05, 0.1) is 18.5 Å². The largest absolute Gasteiger partial charge is 0.490 e. The van der Waals surface area contributed by atoms with Crippen molar-refractivity contribution in [3.63, 3.8) is 0 Å². The lowest BCUT2D eigenvalue weighted by atomic mass is 9.92. The van der Waals surface area contributed by atoms with Crippen molar-refractivity contribution < 1.29 is 18.7 Å². The number of pyridine rings is 2. The summed E-state index contributed by atoms with van der Waals surface area (Å²) in [6, 6.07) is 6.78. The third-order valence-corrected chi connectivity index (χ3v) is 5.96. The maximum Gasteiger partial charge on any atom is 0.219 e. The molecule has 0 aliphatic carbocycles. The molecule has 4 heterocycles. The maximum atomic E-state index is 13.7. The predicted molar refractivity (Wildman–Crippen MR) is 129 cm³/mol. The Hall–Kier alpha value is -3.66. The van der Waals surface area contributed by atoms with Crippen LogP contribution in [0.3, 0.4) is 0 Å². The second-order valence-corrected chi connectivity index (χ2v) is 8.53. The summed E-state index contributed by atoms with van der Waals surface area (Å²) in [7, 11) is 1.61. The number of rotatable bonds is 8. The zero-order chi connectivity index (χ0) is 24.8. The van der Waals surface area contributed by atoms with Crippen molar-refractivity contribution >= 4 is 17.4 Å². The summed E-state index contributed by atoms with van der Waals surface area (Å²) in [6.07, 6.45) is 6.44. The summed E-state index contributed by atoms with van der Waals surface area (Å²) >= 11 is 0. The molecule has 0 radical (unpaired) electrons. The van der Waals surface area contributed by atoms with E-state index in [9.17, 15) is 9.18 Å². The highest BCUT2D eigenvalue weighted by molar-refractivity contribution is 5.74. The van der Waals surface area contributed by atoms with Crippen molar-refractivity contribution in [2.24, 2.45) is 0 Å². The molecule has 1 fully saturated rings. The molecule has 9 nitrogen and oxygen atoms in total. The van der Waals surface area contributed by atoms with Crippen LogP contribution in [0.4, 0.5) is 15.9 Å². The molecule has 0 aromatic carbocycles. The Kier molecular flexibility index (Phi) is 7.81. The molecule has 1 amide bonds. The van der Waals surface area contributed by atoms with Crippen molar-refractivity contribution in [2.45, 2.75) is 38.6 Å². The highest BCUT2D eigenvalue weighted by Crippen LogP contribution is 2.32. The highest BCUT2D eigenvalue weighted by Gasteiger charge is 2.30. The maximum absolute atomic E-state index is 13.7. The molecule has 4 rings (SSSR count). The standard InChI is InChI=1S/C25H29FN6O3/c1-16-4-5-18(15-32(16)17(2)33)25-30-22(19-10-21(14-27-13-19)35-9-8-34-3)12-24(31-25)29-20-6-7-28-23(26)11-20/h6-7,10-14,16,18H,4-5,8-9,15H2,1-3H3,(H,28,29,30,31)/t16-,18+/m0/s1. The van der Waals surface area contributed by atoms with E-state index in [1.54, 1.807) is 38.6 Å². The fourth-order valence-electron chi connectivity index (χ4n) is 4.13. The fourth-order valence-corrected chi connectivity index (χ4v) is 4.13. The molecule has 1 aliphatic heterocycles. The SMILES string of the molecule is COCCOc1cncc(-c2cc(Nc3ccnc(F)c3)nc([C@@H]3CC[C@H](C)N(C(C)=O)C3)n2)c1. The summed E-state index contributed by atoms with van der Waals surface area (Å²) < 4.78 is 24.4. The van der Waals surface area contributed by atoms with Crippen molar-refractivity contribution in [1.82, 2.24) is 24.8 Å². The number of methoxy groups -OCH3 is 1. The van der Waals surface area contributed by atoms with E-state index in [2.05, 4.69) is 22.2 Å². The first-order valence-electron chi connectivity index (χ1n) is 11.5. The Morgan fingerprint density at radius 1 is 1.20 bits per heavy atom. The second kappa shape index (κ2) is 11.2. The van der Waals surface area contributed by atoms with Crippen LogP contribution in [0, 0.1) is 5.95 Å². The minimum atomic E-state index is -0.590. The van der Waals surface area contributed by atoms with Crippen LogP contribution in [0.5, 0.6) is 5.75 Å². The van der Waals surface area contributed by atoms with E-state index in [1.165, 1.54) is 12.3 Å². The molecule has 3 aromatic rings. The van der Waals surface area contributed by atoms with Crippen LogP contribution >= 0.6 is 0 Å². The second-order valence-electron chi connectivity index (χ2n) is 8.53. The smallest absolute Gasteiger partial charge is 0.219 e. The Bertz CT molecular complexity index is 1180. The van der Waals surface area contributed by atoms with Gasteiger partial charge in [-0.15, -0.1) is 0 Å². The van der Waals surface area contributed by atoms with Crippen LogP contribution in [-0.2, 0) is 9.53 Å². The summed E-state index contributed by atoms with van der Waals surface area (Å²) in [4.78, 5) is 31.5. The number of nitrogens with one attached hydrogen (secondary N) is 1. The van der Waals surface area contributed by atoms with Gasteiger partial charge in [0.2, 0.25) is 11.9 Å². The first kappa shape index (κ1) is 24.5. The summed E-state index contributed by atoms with van der Waals surface area (Å²) in [5.41, 5.74) is 1.91. The zero-order valence-corrected chi connectivity index (χ0v) is 20.1. The minimum absolute atomic E-state index is 0.0288. The molecule has 1 aliphatic rings. The number of carbonyl (C=O) groups is 1. The lowest BCUT2D eigenvalue weighted by Crippen LogP contribution is -2.44. The minimum Gasteiger partial charge on any atom is -0.490 e. The quantitative estimate of drug-likeness (QED) is 0.382. The Morgan fingerprint density at radius 3 is 2.83 bits per heavy atom. The van der Waals surface area contributed by atoms with Gasteiger partial charge in [-0.05, 0) is 31.9 Å². The van der Waals surface area contributed by atoms with Crippen LogP contribution in [-0.4, -0.2) is 63.7 Å². The van der Waals surface area contributed by atoms with E-state index < -0.39 is 5.95 Å². The van der Waals surface area contributed by atoms with Crippen LogP contribution in [0.25, 0.3) is 11.3 Å². The number of piperidine rings is 1. The van der Waals surface area contributed by atoms with Gasteiger partial charge in [-0.25, -0.2) is 15.0 Å². The van der Waals surface area contributed by atoms with Gasteiger partial charge in [0.15, 0.2) is 0 Å². The monoisotopic (exact) mass is 480 g/mol. The summed E-state index contributed by atoms with van der Waals surface area (Å²) in [5, 5.41) is 3.15. The van der Waals surface area contributed by atoms with E-state index in [0.717, 1.165) is 18.4 Å². The number of halogens is 1. The number of hydrogen-bond donors (Lipinski definition) is 1. The number of carbonyl (C=O) groups excluding carboxylic acids is 1. The average molecular weight is 481 g/mol. The number of nitrogens with zero attached hydrogens (tertiary/aromatic N) is 5. The van der Waals surface area contributed by atoms with Crippen molar-refractivity contribution in [3.8, 4) is 17.0 Å². The van der Waals surface area contributed by atoms with Gasteiger partial charge in [0, 0.05) is 68.3 Å². The van der Waals surface area contributed by atoms with Gasteiger partial charge in [-0.3, -0.25) is 9.78 Å². The highest BCUT2D eigenvalue weighted by atomic mass is 19.1. The molecule has 35 heavy (non-hydrogen) atoms. The predicted octanol–water partition coefficient (Wildman–Crippen LogP) is 3.96. The molecule has 10 heteroatoms. The van der Waals surface area contributed by atoms with Gasteiger partial charge in [-0.2, -0.15) is 4.39 Å². The van der Waals surface area contributed by atoms with Gasteiger partial charge in [0.25, 0.3) is 0 Å². The van der Waals surface area contributed by atoms with E-state index in [0.29, 0.717) is 48.5 Å². The van der Waals surface area contributed by atoms with Crippen LogP contribution < -0.4 is 10.1 Å². The topological polar surface area (TPSA) is 102 Å². The van der Waals surface area contributed by atoms with Crippen molar-refractivity contribution in [2.75, 3.05) is 32.2 Å². The van der Waals surface area contributed by atoms with Crippen LogP contribution in [0.1, 0.15) is 38.4 Å². The molecule has 2 atom stereocenters. The first-order chi connectivity index (χ1) is 16.9. The lowest BCUT2D eigenvalue weighted by molar-refractivity contribution is -0.132. The Labute approximate surface area is 203 Å². The Morgan fingerprint density at radius 2 is 2.06 bits per heavy atom. The fraction of sp³-hybridized carbons (Fsp3) is 0.400. The van der Waals surface area contributed by atoms with E-state index in [4.69, 9.17) is 19.4 Å². The summed E-state index contributed by atoms with van der Waals surface area (Å²) in [5.74, 6) is 1.14. The van der Waals surface area contributed by atoms with Crippen LogP contribution in [0.2, 0.25) is 0 Å². The van der Waals surface area contributed by atoms with Crippen molar-refractivity contribution in [1.29, 1.82) is 0 Å². The zero-order valence-electron chi connectivity index (χ0n) is 20.1. The molecule has 1 N–H and O–H groups in total. The third-order valence-electron chi connectivity index (χ3n) is 5.96. The lowest BCUT2D eigenvalue weighted by Gasteiger charge is -2.37. The molecular formula is C25H29FN6O3. The molecule has 184 valence electrons. The number of amides is 1. The first-order valence-corrected chi connectivity index (χ1v) is 11.5. The van der Waals surface area contributed by atoms with Crippen LogP contribution in [0.15, 0.2) is 42.9 Å². The molecule has 3 aromatic heterocycles. The van der Waals surface area contributed by atoms with Gasteiger partial charge in [-0.1, -0.05) is 0 Å². The molecular weight excluding hydrogens is 451 g/mol. The Balaban J connectivity index is 1.69. The molecule has 0 bridgehead atoms. The van der Waals surface area contributed by atoms with E-state index >= 15 is 0 Å². The molecule has 0 spiro atoms. The number of aromatic nitrogens is 4. The number of ether oxygens (including phenoxy) is 2. The average Bonchev–Trinajstić information content (AvgIpc) is 2.84. The number of anilines is 2. The van der Waals surface area contributed by atoms with E-state index in [-0.39, 0.29) is 17.9 Å². The summed E-state index contributed by atoms with van der Waals surface area (Å²) in [6.45, 7) is 5.05. The van der Waals surface area contributed by atoms with Gasteiger partial charge in [0.1, 0.15) is 24.0 Å². The molecule has 0 saturated carbocycles.